The Labute approximate surface area is 104 Å². The van der Waals surface area contributed by atoms with E-state index in [1.165, 1.54) is 19.3 Å². The van der Waals surface area contributed by atoms with Crippen LogP contribution in [0.5, 0.6) is 0 Å². The van der Waals surface area contributed by atoms with Gasteiger partial charge in [-0.3, -0.25) is 9.69 Å². The van der Waals surface area contributed by atoms with Gasteiger partial charge in [0, 0.05) is 12.1 Å². The lowest BCUT2D eigenvalue weighted by molar-refractivity contribution is -0.146. The maximum atomic E-state index is 11.4. The second-order valence-corrected chi connectivity index (χ2v) is 5.89. The van der Waals surface area contributed by atoms with E-state index in [9.17, 15) is 9.90 Å². The van der Waals surface area contributed by atoms with Crippen LogP contribution in [-0.2, 0) is 4.79 Å². The van der Waals surface area contributed by atoms with Gasteiger partial charge in [0.1, 0.15) is 0 Å². The lowest BCUT2D eigenvalue weighted by Gasteiger charge is -2.46. The van der Waals surface area contributed by atoms with Crippen LogP contribution in [0, 0.1) is 11.8 Å². The maximum absolute atomic E-state index is 11.4. The van der Waals surface area contributed by atoms with Crippen molar-refractivity contribution in [2.45, 2.75) is 64.5 Å². The minimum atomic E-state index is -0.583. The van der Waals surface area contributed by atoms with Crippen molar-refractivity contribution in [2.75, 3.05) is 6.54 Å². The largest absolute Gasteiger partial charge is 0.481 e. The zero-order valence-electron chi connectivity index (χ0n) is 11.1. The van der Waals surface area contributed by atoms with E-state index < -0.39 is 5.97 Å². The Morgan fingerprint density at radius 1 is 1.12 bits per heavy atom. The fourth-order valence-corrected chi connectivity index (χ4v) is 3.63. The first-order chi connectivity index (χ1) is 8.11. The van der Waals surface area contributed by atoms with Gasteiger partial charge < -0.3 is 5.11 Å². The molecule has 17 heavy (non-hydrogen) atoms. The van der Waals surface area contributed by atoms with Crippen molar-refractivity contribution in [2.24, 2.45) is 11.8 Å². The highest BCUT2D eigenvalue weighted by molar-refractivity contribution is 5.71. The molecule has 0 aromatic rings. The minimum Gasteiger partial charge on any atom is -0.481 e. The molecule has 0 bridgehead atoms. The average Bonchev–Trinajstić information content (AvgIpc) is 2.33. The highest BCUT2D eigenvalue weighted by atomic mass is 16.4. The summed E-state index contributed by atoms with van der Waals surface area (Å²) in [4.78, 5) is 13.9. The number of carboxylic acid groups (broad SMARTS) is 1. The topological polar surface area (TPSA) is 40.5 Å². The molecule has 0 aromatic carbocycles. The smallest absolute Gasteiger partial charge is 0.308 e. The van der Waals surface area contributed by atoms with Crippen LogP contribution in [0.4, 0.5) is 0 Å². The Kier molecular flexibility index (Phi) is 4.08. The van der Waals surface area contributed by atoms with Crippen molar-refractivity contribution in [1.29, 1.82) is 0 Å². The lowest BCUT2D eigenvalue weighted by atomic mass is 9.80. The van der Waals surface area contributed by atoms with Crippen molar-refractivity contribution in [3.63, 3.8) is 0 Å². The van der Waals surface area contributed by atoms with Crippen LogP contribution in [-0.4, -0.2) is 34.6 Å². The first-order valence-electron chi connectivity index (χ1n) is 7.10. The predicted molar refractivity (Wildman–Crippen MR) is 67.9 cm³/mol. The van der Waals surface area contributed by atoms with E-state index in [1.807, 2.05) is 0 Å². The Bertz CT molecular complexity index is 279. The summed E-state index contributed by atoms with van der Waals surface area (Å²) in [6, 6.07) is 0.840. The number of carboxylic acids is 1. The second-order valence-electron chi connectivity index (χ2n) is 5.89. The fourth-order valence-electron chi connectivity index (χ4n) is 3.63. The van der Waals surface area contributed by atoms with Crippen molar-refractivity contribution < 1.29 is 9.90 Å². The number of piperidine rings is 1. The molecule has 1 aliphatic heterocycles. The number of aliphatic carboxylic acids is 1. The quantitative estimate of drug-likeness (QED) is 0.805. The molecule has 0 spiro atoms. The first kappa shape index (κ1) is 12.9. The molecule has 2 rings (SSSR count). The van der Waals surface area contributed by atoms with E-state index in [1.54, 1.807) is 0 Å². The third-order valence-corrected chi connectivity index (χ3v) is 4.90. The molecule has 3 nitrogen and oxygen atoms in total. The summed E-state index contributed by atoms with van der Waals surface area (Å²) < 4.78 is 0. The van der Waals surface area contributed by atoms with Crippen LogP contribution in [0.2, 0.25) is 0 Å². The van der Waals surface area contributed by atoms with Crippen LogP contribution in [0.3, 0.4) is 0 Å². The first-order valence-corrected chi connectivity index (χ1v) is 7.10. The standard InChI is InChI=1S/C14H25NO2/c1-10-6-5-9-15(11(10)2)13-8-4-3-7-12(13)14(16)17/h10-13H,3-9H2,1-2H3,(H,16,17). The third kappa shape index (κ3) is 2.65. The molecule has 1 heterocycles. The van der Waals surface area contributed by atoms with Gasteiger partial charge in [-0.2, -0.15) is 0 Å². The Morgan fingerprint density at radius 2 is 1.82 bits per heavy atom. The zero-order valence-corrected chi connectivity index (χ0v) is 11.1. The molecule has 0 radical (unpaired) electrons. The number of hydrogen-bond donors (Lipinski definition) is 1. The van der Waals surface area contributed by atoms with Gasteiger partial charge in [-0.05, 0) is 45.1 Å². The van der Waals surface area contributed by atoms with E-state index in [2.05, 4.69) is 18.7 Å². The summed E-state index contributed by atoms with van der Waals surface area (Å²) in [5.41, 5.74) is 0. The van der Waals surface area contributed by atoms with Gasteiger partial charge in [0.05, 0.1) is 5.92 Å². The Hall–Kier alpha value is -0.570. The van der Waals surface area contributed by atoms with Crippen molar-refractivity contribution in [3.8, 4) is 0 Å². The van der Waals surface area contributed by atoms with E-state index in [4.69, 9.17) is 0 Å². The normalized spacial score (nSPS) is 40.1. The van der Waals surface area contributed by atoms with Crippen molar-refractivity contribution in [3.05, 3.63) is 0 Å². The molecule has 2 aliphatic rings. The number of hydrogen-bond acceptors (Lipinski definition) is 2. The van der Waals surface area contributed by atoms with Gasteiger partial charge in [-0.15, -0.1) is 0 Å². The van der Waals surface area contributed by atoms with Crippen molar-refractivity contribution >= 4 is 5.97 Å². The number of carbonyl (C=O) groups is 1. The average molecular weight is 239 g/mol. The minimum absolute atomic E-state index is 0.128. The zero-order chi connectivity index (χ0) is 12.4. The van der Waals surface area contributed by atoms with Gasteiger partial charge in [0.15, 0.2) is 0 Å². The molecular formula is C14H25NO2. The monoisotopic (exact) mass is 239 g/mol. The molecule has 4 atom stereocenters. The highest BCUT2D eigenvalue weighted by Crippen LogP contribution is 2.34. The maximum Gasteiger partial charge on any atom is 0.308 e. The predicted octanol–water partition coefficient (Wildman–Crippen LogP) is 2.75. The number of likely N-dealkylation sites (tertiary alicyclic amines) is 1. The summed E-state index contributed by atoms with van der Waals surface area (Å²) in [6.45, 7) is 5.67. The molecule has 2 fully saturated rings. The lowest BCUT2D eigenvalue weighted by Crippen LogP contribution is -2.53. The summed E-state index contributed by atoms with van der Waals surface area (Å²) in [5.74, 6) is -0.00301. The molecule has 1 saturated carbocycles. The molecule has 4 unspecified atom stereocenters. The third-order valence-electron chi connectivity index (χ3n) is 4.90. The molecule has 98 valence electrons. The molecule has 1 N–H and O–H groups in total. The van der Waals surface area contributed by atoms with E-state index >= 15 is 0 Å². The van der Waals surface area contributed by atoms with Gasteiger partial charge in [-0.1, -0.05) is 19.8 Å². The molecule has 0 amide bonds. The van der Waals surface area contributed by atoms with Gasteiger partial charge >= 0.3 is 5.97 Å². The van der Waals surface area contributed by atoms with Crippen molar-refractivity contribution in [1.82, 2.24) is 4.90 Å². The van der Waals surface area contributed by atoms with E-state index in [0.29, 0.717) is 18.0 Å². The highest BCUT2D eigenvalue weighted by Gasteiger charge is 2.38. The molecular weight excluding hydrogens is 214 g/mol. The molecule has 1 saturated heterocycles. The number of rotatable bonds is 2. The van der Waals surface area contributed by atoms with Crippen LogP contribution < -0.4 is 0 Å². The Morgan fingerprint density at radius 3 is 2.53 bits per heavy atom. The molecule has 3 heteroatoms. The van der Waals surface area contributed by atoms with Gasteiger partial charge in [-0.25, -0.2) is 0 Å². The van der Waals surface area contributed by atoms with Crippen LogP contribution in [0.25, 0.3) is 0 Å². The second kappa shape index (κ2) is 5.38. The molecule has 1 aliphatic carbocycles. The van der Waals surface area contributed by atoms with Crippen LogP contribution in [0.15, 0.2) is 0 Å². The van der Waals surface area contributed by atoms with E-state index in [-0.39, 0.29) is 5.92 Å². The fraction of sp³-hybridized carbons (Fsp3) is 0.929. The molecule has 0 aromatic heterocycles. The Balaban J connectivity index is 2.09. The van der Waals surface area contributed by atoms with Gasteiger partial charge in [0.2, 0.25) is 0 Å². The van der Waals surface area contributed by atoms with Crippen LogP contribution >= 0.6 is 0 Å². The van der Waals surface area contributed by atoms with Gasteiger partial charge in [0.25, 0.3) is 0 Å². The summed E-state index contributed by atoms with van der Waals surface area (Å²) in [5, 5.41) is 9.36. The summed E-state index contributed by atoms with van der Waals surface area (Å²) in [7, 11) is 0. The van der Waals surface area contributed by atoms with Crippen LogP contribution in [0.1, 0.15) is 52.4 Å². The number of nitrogens with zero attached hydrogens (tertiary/aromatic N) is 1. The van der Waals surface area contributed by atoms with E-state index in [0.717, 1.165) is 25.8 Å². The SMILES string of the molecule is CC1CCCN(C2CCCCC2C(=O)O)C1C. The summed E-state index contributed by atoms with van der Waals surface area (Å²) >= 11 is 0. The summed E-state index contributed by atoms with van der Waals surface area (Å²) in [6.07, 6.45) is 6.76.